The minimum atomic E-state index is -1.43. The fraction of sp³-hybridized carbons (Fsp3) is 0.909. The standard InChI is InChI=1S/C11H21NO6S/c1-2-3-4-17-11(19)12-10-9(16)8(15)7(14)6(5-13)18-10/h6-10,13-16H,2-5H2,1H3,(H,12,19). The molecular formula is C11H21NO6S. The van der Waals surface area contributed by atoms with Gasteiger partial charge in [0.05, 0.1) is 13.2 Å². The first-order valence-electron chi connectivity index (χ1n) is 6.25. The van der Waals surface area contributed by atoms with Gasteiger partial charge in [0.1, 0.15) is 24.4 Å². The summed E-state index contributed by atoms with van der Waals surface area (Å²) in [6.45, 7) is 1.98. The van der Waals surface area contributed by atoms with Crippen LogP contribution in [0.25, 0.3) is 0 Å². The summed E-state index contributed by atoms with van der Waals surface area (Å²) in [6.07, 6.45) is -4.38. The van der Waals surface area contributed by atoms with Crippen LogP contribution in [0.1, 0.15) is 19.8 Å². The fourth-order valence-electron chi connectivity index (χ4n) is 1.69. The van der Waals surface area contributed by atoms with E-state index in [0.29, 0.717) is 6.61 Å². The maximum Gasteiger partial charge on any atom is 0.258 e. The molecule has 0 aromatic heterocycles. The quantitative estimate of drug-likeness (QED) is 0.307. The molecule has 5 unspecified atom stereocenters. The number of hydrogen-bond donors (Lipinski definition) is 5. The smallest absolute Gasteiger partial charge is 0.258 e. The number of ether oxygens (including phenoxy) is 2. The number of hydrogen-bond acceptors (Lipinski definition) is 7. The lowest BCUT2D eigenvalue weighted by Gasteiger charge is -2.40. The number of thiocarbonyl (C=S) groups is 1. The Balaban J connectivity index is 2.49. The lowest BCUT2D eigenvalue weighted by molar-refractivity contribution is -0.233. The van der Waals surface area contributed by atoms with Crippen molar-refractivity contribution in [3.05, 3.63) is 0 Å². The van der Waals surface area contributed by atoms with E-state index in [-0.39, 0.29) is 5.17 Å². The summed E-state index contributed by atoms with van der Waals surface area (Å²) in [5.74, 6) is 0. The molecular weight excluding hydrogens is 274 g/mol. The van der Waals surface area contributed by atoms with E-state index in [4.69, 9.17) is 26.8 Å². The number of aliphatic hydroxyl groups excluding tert-OH is 4. The Morgan fingerprint density at radius 2 is 1.95 bits per heavy atom. The minimum absolute atomic E-state index is 0.0396. The van der Waals surface area contributed by atoms with Crippen molar-refractivity contribution in [3.8, 4) is 0 Å². The molecule has 7 nitrogen and oxygen atoms in total. The summed E-state index contributed by atoms with van der Waals surface area (Å²) in [7, 11) is 0. The maximum atomic E-state index is 9.75. The molecule has 1 aliphatic heterocycles. The first kappa shape index (κ1) is 16.5. The normalized spacial score (nSPS) is 34.9. The Bertz CT molecular complexity index is 290. The van der Waals surface area contributed by atoms with Crippen LogP contribution < -0.4 is 5.32 Å². The Morgan fingerprint density at radius 3 is 2.53 bits per heavy atom. The molecule has 1 aliphatic rings. The topological polar surface area (TPSA) is 111 Å². The monoisotopic (exact) mass is 295 g/mol. The van der Waals surface area contributed by atoms with Gasteiger partial charge in [-0.25, -0.2) is 0 Å². The Hall–Kier alpha value is -0.510. The molecule has 5 atom stereocenters. The van der Waals surface area contributed by atoms with Crippen LogP contribution >= 0.6 is 12.2 Å². The Morgan fingerprint density at radius 1 is 1.26 bits per heavy atom. The van der Waals surface area contributed by atoms with E-state index in [9.17, 15) is 15.3 Å². The van der Waals surface area contributed by atoms with Crippen molar-refractivity contribution in [2.24, 2.45) is 0 Å². The summed E-state index contributed by atoms with van der Waals surface area (Å²) in [5, 5.41) is 40.6. The van der Waals surface area contributed by atoms with Crippen molar-refractivity contribution in [3.63, 3.8) is 0 Å². The summed E-state index contributed by atoms with van der Waals surface area (Å²) in [6, 6.07) is 0. The molecule has 0 bridgehead atoms. The van der Waals surface area contributed by atoms with Crippen LogP contribution in [0.4, 0.5) is 0 Å². The predicted molar refractivity (Wildman–Crippen MR) is 70.4 cm³/mol. The van der Waals surface area contributed by atoms with E-state index in [2.05, 4.69) is 5.32 Å². The molecule has 0 amide bonds. The van der Waals surface area contributed by atoms with Gasteiger partial charge in [0.15, 0.2) is 6.23 Å². The zero-order valence-electron chi connectivity index (χ0n) is 10.7. The van der Waals surface area contributed by atoms with Crippen LogP contribution in [-0.4, -0.2) is 69.5 Å². The van der Waals surface area contributed by atoms with Gasteiger partial charge >= 0.3 is 0 Å². The molecule has 0 radical (unpaired) electrons. The van der Waals surface area contributed by atoms with Gasteiger partial charge in [-0.15, -0.1) is 0 Å². The van der Waals surface area contributed by atoms with Crippen molar-refractivity contribution < 1.29 is 29.9 Å². The van der Waals surface area contributed by atoms with E-state index in [1.165, 1.54) is 0 Å². The zero-order chi connectivity index (χ0) is 14.4. The van der Waals surface area contributed by atoms with Crippen molar-refractivity contribution in [2.75, 3.05) is 13.2 Å². The molecule has 1 saturated heterocycles. The Labute approximate surface area is 117 Å². The number of rotatable bonds is 5. The maximum absolute atomic E-state index is 9.75. The van der Waals surface area contributed by atoms with Crippen LogP contribution in [0, 0.1) is 0 Å². The van der Waals surface area contributed by atoms with Crippen molar-refractivity contribution >= 4 is 17.4 Å². The summed E-state index contributed by atoms with van der Waals surface area (Å²) >= 11 is 4.91. The van der Waals surface area contributed by atoms with Crippen LogP contribution in [0.2, 0.25) is 0 Å². The fourth-order valence-corrected chi connectivity index (χ4v) is 1.89. The van der Waals surface area contributed by atoms with Crippen molar-refractivity contribution in [2.45, 2.75) is 50.4 Å². The minimum Gasteiger partial charge on any atom is -0.471 e. The molecule has 0 saturated carbocycles. The second kappa shape index (κ2) is 7.93. The SMILES string of the molecule is CCCCOC(=S)NC1OC(CO)C(O)C(O)C1O. The van der Waals surface area contributed by atoms with Crippen molar-refractivity contribution in [1.82, 2.24) is 5.32 Å². The van der Waals surface area contributed by atoms with Crippen molar-refractivity contribution in [1.29, 1.82) is 0 Å². The molecule has 5 N–H and O–H groups in total. The van der Waals surface area contributed by atoms with Crippen LogP contribution in [0.5, 0.6) is 0 Å². The third-order valence-electron chi connectivity index (χ3n) is 2.88. The van der Waals surface area contributed by atoms with E-state index >= 15 is 0 Å². The van der Waals surface area contributed by atoms with E-state index < -0.39 is 37.3 Å². The lowest BCUT2D eigenvalue weighted by atomic mass is 9.98. The largest absolute Gasteiger partial charge is 0.471 e. The molecule has 1 fully saturated rings. The van der Waals surface area contributed by atoms with Gasteiger partial charge in [0.2, 0.25) is 0 Å². The Kier molecular flexibility index (Phi) is 6.90. The zero-order valence-corrected chi connectivity index (χ0v) is 11.5. The van der Waals surface area contributed by atoms with Gasteiger partial charge < -0.3 is 35.2 Å². The second-order valence-electron chi connectivity index (χ2n) is 4.38. The van der Waals surface area contributed by atoms with Gasteiger partial charge in [-0.1, -0.05) is 13.3 Å². The summed E-state index contributed by atoms with van der Waals surface area (Å²) < 4.78 is 10.4. The third kappa shape index (κ3) is 4.51. The van der Waals surface area contributed by atoms with Gasteiger partial charge in [0, 0.05) is 0 Å². The molecule has 112 valence electrons. The molecule has 1 rings (SSSR count). The average Bonchev–Trinajstić information content (AvgIpc) is 2.39. The highest BCUT2D eigenvalue weighted by Gasteiger charge is 2.43. The van der Waals surface area contributed by atoms with Gasteiger partial charge in [0.25, 0.3) is 5.17 Å². The molecule has 0 aromatic carbocycles. The average molecular weight is 295 g/mol. The van der Waals surface area contributed by atoms with Crippen LogP contribution in [-0.2, 0) is 9.47 Å². The number of unbranched alkanes of at least 4 members (excludes halogenated alkanes) is 1. The molecule has 0 aromatic rings. The molecule has 1 heterocycles. The highest BCUT2D eigenvalue weighted by atomic mass is 32.1. The van der Waals surface area contributed by atoms with E-state index in [1.807, 2.05) is 6.92 Å². The van der Waals surface area contributed by atoms with Crippen LogP contribution in [0.15, 0.2) is 0 Å². The predicted octanol–water partition coefficient (Wildman–Crippen LogP) is -1.52. The summed E-state index contributed by atoms with van der Waals surface area (Å²) in [4.78, 5) is 0. The third-order valence-corrected chi connectivity index (χ3v) is 3.12. The molecule has 8 heteroatoms. The van der Waals surface area contributed by atoms with Gasteiger partial charge in [-0.3, -0.25) is 0 Å². The van der Waals surface area contributed by atoms with E-state index in [1.54, 1.807) is 0 Å². The van der Waals surface area contributed by atoms with Gasteiger partial charge in [-0.2, -0.15) is 0 Å². The highest BCUT2D eigenvalue weighted by molar-refractivity contribution is 7.80. The molecule has 19 heavy (non-hydrogen) atoms. The highest BCUT2D eigenvalue weighted by Crippen LogP contribution is 2.19. The number of nitrogens with one attached hydrogen (secondary N) is 1. The number of aliphatic hydroxyl groups is 4. The first-order chi connectivity index (χ1) is 9.01. The molecule has 0 spiro atoms. The lowest BCUT2D eigenvalue weighted by Crippen LogP contribution is -2.63. The molecule has 0 aliphatic carbocycles. The van der Waals surface area contributed by atoms with E-state index in [0.717, 1.165) is 12.8 Å². The second-order valence-corrected chi connectivity index (χ2v) is 4.75. The summed E-state index contributed by atoms with van der Waals surface area (Å²) in [5.41, 5.74) is 0. The van der Waals surface area contributed by atoms with Crippen LogP contribution in [0.3, 0.4) is 0 Å². The first-order valence-corrected chi connectivity index (χ1v) is 6.65. The van der Waals surface area contributed by atoms with Gasteiger partial charge in [-0.05, 0) is 18.6 Å².